The van der Waals surface area contributed by atoms with Crippen LogP contribution in [0.25, 0.3) is 0 Å². The SMILES string of the molecule is O=C1OC(c2ccccc2Cl)=NC(=S)C1c1nn[nH]n1. The highest BCUT2D eigenvalue weighted by atomic mass is 35.5. The Morgan fingerprint density at radius 2 is 2.15 bits per heavy atom. The van der Waals surface area contributed by atoms with Crippen LogP contribution in [0.3, 0.4) is 0 Å². The minimum atomic E-state index is -0.935. The Balaban J connectivity index is 1.99. The first-order valence-corrected chi connectivity index (χ1v) is 6.28. The number of thiocarbonyl (C=S) groups is 1. The second-order valence-electron chi connectivity index (χ2n) is 3.86. The Bertz CT molecular complexity index is 715. The lowest BCUT2D eigenvalue weighted by Gasteiger charge is -2.18. The Kier molecular flexibility index (Phi) is 3.25. The fourth-order valence-electron chi connectivity index (χ4n) is 1.70. The number of aromatic amines is 1. The van der Waals surface area contributed by atoms with E-state index in [1.807, 2.05) is 0 Å². The number of nitrogens with zero attached hydrogens (tertiary/aromatic N) is 4. The molecule has 0 spiro atoms. The third-order valence-corrected chi connectivity index (χ3v) is 3.27. The molecule has 0 bridgehead atoms. The van der Waals surface area contributed by atoms with Crippen molar-refractivity contribution in [2.75, 3.05) is 0 Å². The average molecular weight is 308 g/mol. The Labute approximate surface area is 123 Å². The molecule has 0 saturated carbocycles. The van der Waals surface area contributed by atoms with E-state index in [9.17, 15) is 4.79 Å². The molecule has 2 aromatic rings. The van der Waals surface area contributed by atoms with Gasteiger partial charge in [0.2, 0.25) is 5.90 Å². The lowest BCUT2D eigenvalue weighted by molar-refractivity contribution is -0.136. The maximum Gasteiger partial charge on any atom is 0.330 e. The highest BCUT2D eigenvalue weighted by Gasteiger charge is 2.36. The number of hydrogen-bond donors (Lipinski definition) is 1. The number of aromatic nitrogens is 4. The summed E-state index contributed by atoms with van der Waals surface area (Å²) in [7, 11) is 0. The van der Waals surface area contributed by atoms with Gasteiger partial charge < -0.3 is 4.74 Å². The minimum Gasteiger partial charge on any atom is -0.406 e. The minimum absolute atomic E-state index is 0.0744. The number of esters is 1. The predicted molar refractivity (Wildman–Crippen MR) is 73.6 cm³/mol. The zero-order valence-electron chi connectivity index (χ0n) is 9.78. The van der Waals surface area contributed by atoms with E-state index in [1.165, 1.54) is 0 Å². The van der Waals surface area contributed by atoms with Crippen LogP contribution < -0.4 is 0 Å². The van der Waals surface area contributed by atoms with Crippen LogP contribution in [0.15, 0.2) is 29.3 Å². The number of H-pyrrole nitrogens is 1. The van der Waals surface area contributed by atoms with Gasteiger partial charge >= 0.3 is 5.97 Å². The van der Waals surface area contributed by atoms with Crippen LogP contribution in [0.2, 0.25) is 5.02 Å². The molecular formula is C11H6ClN5O2S. The summed E-state index contributed by atoms with van der Waals surface area (Å²) in [6.07, 6.45) is 0. The van der Waals surface area contributed by atoms with Gasteiger partial charge in [-0.15, -0.1) is 10.2 Å². The van der Waals surface area contributed by atoms with E-state index in [0.29, 0.717) is 10.6 Å². The molecule has 1 atom stereocenters. The molecule has 7 nitrogen and oxygen atoms in total. The number of rotatable bonds is 2. The van der Waals surface area contributed by atoms with Gasteiger partial charge in [0.05, 0.1) is 10.6 Å². The number of benzene rings is 1. The van der Waals surface area contributed by atoms with Gasteiger partial charge in [-0.25, -0.2) is 4.99 Å². The van der Waals surface area contributed by atoms with Crippen molar-refractivity contribution in [1.29, 1.82) is 0 Å². The number of hydrogen-bond acceptors (Lipinski definition) is 6. The van der Waals surface area contributed by atoms with Crippen LogP contribution in [-0.4, -0.2) is 37.5 Å². The van der Waals surface area contributed by atoms with Crippen LogP contribution in [0, 0.1) is 0 Å². The molecule has 0 aliphatic carbocycles. The van der Waals surface area contributed by atoms with Gasteiger partial charge in [0.1, 0.15) is 4.99 Å². The molecule has 3 rings (SSSR count). The Morgan fingerprint density at radius 1 is 1.35 bits per heavy atom. The third-order valence-electron chi connectivity index (χ3n) is 2.62. The molecular weight excluding hydrogens is 302 g/mol. The first-order valence-electron chi connectivity index (χ1n) is 5.49. The van der Waals surface area contributed by atoms with Crippen molar-refractivity contribution in [1.82, 2.24) is 20.6 Å². The van der Waals surface area contributed by atoms with Crippen molar-refractivity contribution in [3.63, 3.8) is 0 Å². The van der Waals surface area contributed by atoms with Crippen LogP contribution in [0.5, 0.6) is 0 Å². The number of aliphatic imine (C=N–C) groups is 1. The van der Waals surface area contributed by atoms with Crippen molar-refractivity contribution >= 4 is 40.7 Å². The zero-order valence-corrected chi connectivity index (χ0v) is 11.4. The van der Waals surface area contributed by atoms with E-state index < -0.39 is 11.9 Å². The molecule has 0 saturated heterocycles. The predicted octanol–water partition coefficient (Wildman–Crippen LogP) is 1.27. The molecule has 9 heteroatoms. The van der Waals surface area contributed by atoms with Gasteiger partial charge in [-0.05, 0) is 12.1 Å². The van der Waals surface area contributed by atoms with Crippen LogP contribution in [-0.2, 0) is 9.53 Å². The topological polar surface area (TPSA) is 93.1 Å². The summed E-state index contributed by atoms with van der Waals surface area (Å²) in [5.41, 5.74) is 0.497. The van der Waals surface area contributed by atoms with E-state index in [1.54, 1.807) is 24.3 Å². The number of halogens is 1. The Morgan fingerprint density at radius 3 is 2.80 bits per heavy atom. The second-order valence-corrected chi connectivity index (χ2v) is 4.68. The molecule has 0 amide bonds. The summed E-state index contributed by atoms with van der Waals surface area (Å²) in [6.45, 7) is 0. The lowest BCUT2D eigenvalue weighted by Crippen LogP contribution is -2.31. The fourth-order valence-corrected chi connectivity index (χ4v) is 2.20. The number of tetrazole rings is 1. The first kappa shape index (κ1) is 12.8. The van der Waals surface area contributed by atoms with Gasteiger partial charge in [0, 0.05) is 0 Å². The largest absolute Gasteiger partial charge is 0.406 e. The van der Waals surface area contributed by atoms with Gasteiger partial charge in [-0.1, -0.05) is 41.2 Å². The zero-order chi connectivity index (χ0) is 14.1. The smallest absolute Gasteiger partial charge is 0.330 e. The summed E-state index contributed by atoms with van der Waals surface area (Å²) in [5, 5.41) is 13.5. The van der Waals surface area contributed by atoms with E-state index in [-0.39, 0.29) is 16.7 Å². The highest BCUT2D eigenvalue weighted by molar-refractivity contribution is 7.80. The lowest BCUT2D eigenvalue weighted by atomic mass is 10.1. The van der Waals surface area contributed by atoms with E-state index >= 15 is 0 Å². The standard InChI is InChI=1S/C11H6ClN5O2S/c12-6-4-2-1-3-5(6)9-13-10(20)7(11(18)19-9)8-14-16-17-15-8/h1-4,7H,(H,14,15,16,17). The fraction of sp³-hybridized carbons (Fsp3) is 0.0909. The number of nitrogens with one attached hydrogen (secondary N) is 1. The summed E-state index contributed by atoms with van der Waals surface area (Å²) in [6, 6.07) is 6.87. The van der Waals surface area contributed by atoms with Crippen molar-refractivity contribution in [2.45, 2.75) is 5.92 Å². The van der Waals surface area contributed by atoms with Crippen molar-refractivity contribution < 1.29 is 9.53 Å². The molecule has 1 aromatic carbocycles. The van der Waals surface area contributed by atoms with E-state index in [4.69, 9.17) is 28.6 Å². The van der Waals surface area contributed by atoms with Gasteiger partial charge in [0.25, 0.3) is 0 Å². The van der Waals surface area contributed by atoms with E-state index in [0.717, 1.165) is 0 Å². The maximum absolute atomic E-state index is 12.0. The number of carbonyl (C=O) groups excluding carboxylic acids is 1. The van der Waals surface area contributed by atoms with Crippen LogP contribution >= 0.6 is 23.8 Å². The average Bonchev–Trinajstić information content (AvgIpc) is 2.92. The van der Waals surface area contributed by atoms with Crippen LogP contribution in [0.1, 0.15) is 17.3 Å². The normalized spacial score (nSPS) is 18.6. The summed E-state index contributed by atoms with van der Waals surface area (Å²) < 4.78 is 5.18. The molecule has 1 aliphatic rings. The van der Waals surface area contributed by atoms with E-state index in [2.05, 4.69) is 25.6 Å². The summed E-state index contributed by atoms with van der Waals surface area (Å²) in [4.78, 5) is 16.3. The van der Waals surface area contributed by atoms with Crippen molar-refractivity contribution in [3.05, 3.63) is 40.7 Å². The molecule has 2 heterocycles. The maximum atomic E-state index is 12.0. The second kappa shape index (κ2) is 5.06. The molecule has 100 valence electrons. The highest BCUT2D eigenvalue weighted by Crippen LogP contribution is 2.25. The molecule has 1 unspecified atom stereocenters. The van der Waals surface area contributed by atoms with Gasteiger partial charge in [0.15, 0.2) is 11.7 Å². The number of carbonyl (C=O) groups is 1. The number of ether oxygens (including phenoxy) is 1. The van der Waals surface area contributed by atoms with Crippen molar-refractivity contribution in [2.24, 2.45) is 4.99 Å². The van der Waals surface area contributed by atoms with Crippen molar-refractivity contribution in [3.8, 4) is 0 Å². The molecule has 0 radical (unpaired) electrons. The number of cyclic esters (lactones) is 1. The monoisotopic (exact) mass is 307 g/mol. The Hall–Kier alpha value is -2.19. The van der Waals surface area contributed by atoms with Gasteiger partial charge in [-0.2, -0.15) is 5.21 Å². The van der Waals surface area contributed by atoms with Crippen LogP contribution in [0.4, 0.5) is 0 Å². The summed E-state index contributed by atoms with van der Waals surface area (Å²) in [5.74, 6) is -1.34. The molecule has 20 heavy (non-hydrogen) atoms. The summed E-state index contributed by atoms with van der Waals surface area (Å²) >= 11 is 11.2. The first-order chi connectivity index (χ1) is 9.66. The molecule has 1 N–H and O–H groups in total. The third kappa shape index (κ3) is 2.19. The molecule has 0 fully saturated rings. The molecule has 1 aliphatic heterocycles. The molecule has 1 aromatic heterocycles. The quantitative estimate of drug-likeness (QED) is 0.663. The van der Waals surface area contributed by atoms with Gasteiger partial charge in [-0.3, -0.25) is 4.79 Å².